The van der Waals surface area contributed by atoms with Crippen LogP contribution in [0.25, 0.3) is 10.2 Å². The largest absolute Gasteiger partial charge is 0.278 e. The molecule has 0 N–H and O–H groups in total. The number of anilines is 1. The predicted molar refractivity (Wildman–Crippen MR) is 122 cm³/mol. The highest BCUT2D eigenvalue weighted by molar-refractivity contribution is 7.22. The van der Waals surface area contributed by atoms with Crippen LogP contribution in [0.5, 0.6) is 0 Å². The minimum Gasteiger partial charge on any atom is -0.278 e. The maximum absolute atomic E-state index is 13.7. The van der Waals surface area contributed by atoms with Gasteiger partial charge >= 0.3 is 0 Å². The lowest BCUT2D eigenvalue weighted by Crippen LogP contribution is -2.31. The number of aromatic nitrogens is 2. The summed E-state index contributed by atoms with van der Waals surface area (Å²) < 4.78 is 1.09. The van der Waals surface area contributed by atoms with Gasteiger partial charge in [-0.3, -0.25) is 14.7 Å². The third-order valence-corrected chi connectivity index (χ3v) is 6.77. The molecule has 0 saturated heterocycles. The molecule has 1 aliphatic rings. The number of fused-ring (bicyclic) bond motifs is 2. The highest BCUT2D eigenvalue weighted by Gasteiger charge is 2.23. The SMILES string of the molecule is Cc1cccc2sc(N(Cc3ccccn3)C(=O)c3ccc4c(c3)CCCC4)nc12. The lowest BCUT2D eigenvalue weighted by molar-refractivity contribution is 0.0984. The molecule has 0 saturated carbocycles. The molecule has 2 aromatic heterocycles. The summed E-state index contributed by atoms with van der Waals surface area (Å²) in [6.45, 7) is 2.45. The summed E-state index contributed by atoms with van der Waals surface area (Å²) in [5.41, 5.74) is 6.34. The number of amides is 1. The van der Waals surface area contributed by atoms with Crippen molar-refractivity contribution in [2.24, 2.45) is 0 Å². The van der Waals surface area contributed by atoms with Crippen LogP contribution in [0, 0.1) is 6.92 Å². The van der Waals surface area contributed by atoms with Gasteiger partial charge in [0.05, 0.1) is 22.5 Å². The Morgan fingerprint density at radius 1 is 1.03 bits per heavy atom. The third kappa shape index (κ3) is 3.61. The van der Waals surface area contributed by atoms with E-state index in [1.165, 1.54) is 24.0 Å². The average molecular weight is 414 g/mol. The normalized spacial score (nSPS) is 13.2. The monoisotopic (exact) mass is 413 g/mol. The van der Waals surface area contributed by atoms with Crippen molar-refractivity contribution in [2.75, 3.05) is 4.90 Å². The summed E-state index contributed by atoms with van der Waals surface area (Å²) >= 11 is 1.56. The number of rotatable bonds is 4. The second-order valence-corrected chi connectivity index (χ2v) is 8.83. The first-order valence-electron chi connectivity index (χ1n) is 10.4. The number of thiazole rings is 1. The van der Waals surface area contributed by atoms with Crippen molar-refractivity contribution in [1.29, 1.82) is 0 Å². The van der Waals surface area contributed by atoms with E-state index in [1.807, 2.05) is 30.3 Å². The lowest BCUT2D eigenvalue weighted by Gasteiger charge is -2.21. The average Bonchev–Trinajstić information content (AvgIpc) is 3.23. The van der Waals surface area contributed by atoms with Gasteiger partial charge in [-0.1, -0.05) is 35.6 Å². The van der Waals surface area contributed by atoms with E-state index >= 15 is 0 Å². The molecule has 0 radical (unpaired) electrons. The molecule has 2 aromatic carbocycles. The lowest BCUT2D eigenvalue weighted by atomic mass is 9.90. The van der Waals surface area contributed by atoms with Gasteiger partial charge in [0.15, 0.2) is 5.13 Å². The van der Waals surface area contributed by atoms with Gasteiger partial charge in [-0.25, -0.2) is 4.98 Å². The van der Waals surface area contributed by atoms with E-state index in [9.17, 15) is 4.79 Å². The van der Waals surface area contributed by atoms with Gasteiger partial charge in [0, 0.05) is 11.8 Å². The molecule has 0 aliphatic heterocycles. The molecule has 0 fully saturated rings. The van der Waals surface area contributed by atoms with Gasteiger partial charge in [0.2, 0.25) is 0 Å². The van der Waals surface area contributed by atoms with Gasteiger partial charge in [-0.2, -0.15) is 0 Å². The molecule has 1 aliphatic carbocycles. The number of aryl methyl sites for hydroxylation is 3. The topological polar surface area (TPSA) is 46.1 Å². The maximum atomic E-state index is 13.7. The van der Waals surface area contributed by atoms with Crippen LogP contribution >= 0.6 is 11.3 Å². The van der Waals surface area contributed by atoms with Gasteiger partial charge in [0.1, 0.15) is 0 Å². The van der Waals surface area contributed by atoms with Crippen molar-refractivity contribution in [1.82, 2.24) is 9.97 Å². The Morgan fingerprint density at radius 2 is 1.90 bits per heavy atom. The molecule has 5 heteroatoms. The van der Waals surface area contributed by atoms with E-state index in [4.69, 9.17) is 4.98 Å². The van der Waals surface area contributed by atoms with Crippen molar-refractivity contribution in [3.8, 4) is 0 Å². The smallest absolute Gasteiger partial charge is 0.260 e. The first-order valence-corrected chi connectivity index (χ1v) is 11.2. The first-order chi connectivity index (χ1) is 14.7. The summed E-state index contributed by atoms with van der Waals surface area (Å²) in [6, 6.07) is 18.1. The molecule has 2 heterocycles. The Hall–Kier alpha value is -3.05. The minimum absolute atomic E-state index is 0.0225. The molecule has 1 amide bonds. The van der Waals surface area contributed by atoms with Crippen LogP contribution in [0.15, 0.2) is 60.8 Å². The second kappa shape index (κ2) is 8.00. The molecule has 5 rings (SSSR count). The fourth-order valence-corrected chi connectivity index (χ4v) is 5.13. The fraction of sp³-hybridized carbons (Fsp3) is 0.240. The predicted octanol–water partition coefficient (Wildman–Crippen LogP) is 5.73. The second-order valence-electron chi connectivity index (χ2n) is 7.82. The van der Waals surface area contributed by atoms with Crippen molar-refractivity contribution in [3.05, 3.63) is 88.7 Å². The van der Waals surface area contributed by atoms with Crippen LogP contribution in [0.1, 0.15) is 45.6 Å². The zero-order valence-electron chi connectivity index (χ0n) is 17.0. The molecule has 4 aromatic rings. The molecular weight excluding hydrogens is 390 g/mol. The standard InChI is InChI=1S/C25H23N3OS/c1-17-7-6-11-22-23(17)27-25(30-22)28(16-21-10-4-5-14-26-21)24(29)20-13-12-18-8-2-3-9-19(18)15-20/h4-7,10-15H,2-3,8-9,16H2,1H3. The summed E-state index contributed by atoms with van der Waals surface area (Å²) in [7, 11) is 0. The zero-order valence-corrected chi connectivity index (χ0v) is 17.8. The maximum Gasteiger partial charge on any atom is 0.260 e. The molecule has 30 heavy (non-hydrogen) atoms. The van der Waals surface area contributed by atoms with Crippen LogP contribution in [-0.4, -0.2) is 15.9 Å². The number of benzene rings is 2. The molecule has 0 bridgehead atoms. The van der Waals surface area contributed by atoms with Crippen LogP contribution in [0.4, 0.5) is 5.13 Å². The summed E-state index contributed by atoms with van der Waals surface area (Å²) in [6.07, 6.45) is 6.35. The number of carbonyl (C=O) groups is 1. The highest BCUT2D eigenvalue weighted by Crippen LogP contribution is 2.32. The van der Waals surface area contributed by atoms with Crippen LogP contribution in [-0.2, 0) is 19.4 Å². The molecule has 4 nitrogen and oxygen atoms in total. The fourth-order valence-electron chi connectivity index (χ4n) is 4.09. The van der Waals surface area contributed by atoms with E-state index in [0.29, 0.717) is 11.7 Å². The molecule has 0 spiro atoms. The van der Waals surface area contributed by atoms with Gasteiger partial charge in [-0.15, -0.1) is 0 Å². The summed E-state index contributed by atoms with van der Waals surface area (Å²) in [5.74, 6) is -0.0225. The summed E-state index contributed by atoms with van der Waals surface area (Å²) in [5, 5.41) is 0.715. The van der Waals surface area contributed by atoms with E-state index in [2.05, 4.69) is 36.2 Å². The van der Waals surface area contributed by atoms with Crippen molar-refractivity contribution in [3.63, 3.8) is 0 Å². The van der Waals surface area contributed by atoms with E-state index < -0.39 is 0 Å². The third-order valence-electron chi connectivity index (χ3n) is 5.73. The van der Waals surface area contributed by atoms with Gasteiger partial charge in [-0.05, 0) is 79.6 Å². The zero-order chi connectivity index (χ0) is 20.5. The van der Waals surface area contributed by atoms with E-state index in [1.54, 1.807) is 22.4 Å². The van der Waals surface area contributed by atoms with E-state index in [0.717, 1.165) is 39.9 Å². The van der Waals surface area contributed by atoms with E-state index in [-0.39, 0.29) is 5.91 Å². The molecule has 150 valence electrons. The number of nitrogens with zero attached hydrogens (tertiary/aromatic N) is 3. The first kappa shape index (κ1) is 18.9. The number of pyridine rings is 1. The molecular formula is C25H23N3OS. The quantitative estimate of drug-likeness (QED) is 0.429. The summed E-state index contributed by atoms with van der Waals surface area (Å²) in [4.78, 5) is 24.7. The Labute approximate surface area is 180 Å². The minimum atomic E-state index is -0.0225. The Bertz CT molecular complexity index is 1220. The Kier molecular flexibility index (Phi) is 5.05. The number of hydrogen-bond acceptors (Lipinski definition) is 4. The number of carbonyl (C=O) groups excluding carboxylic acids is 1. The van der Waals surface area contributed by atoms with Crippen molar-refractivity contribution < 1.29 is 4.79 Å². The highest BCUT2D eigenvalue weighted by atomic mass is 32.1. The molecule has 0 atom stereocenters. The van der Waals surface area contributed by atoms with Crippen molar-refractivity contribution >= 4 is 32.6 Å². The van der Waals surface area contributed by atoms with Crippen LogP contribution in [0.2, 0.25) is 0 Å². The van der Waals surface area contributed by atoms with Crippen LogP contribution in [0.3, 0.4) is 0 Å². The Morgan fingerprint density at radius 3 is 2.70 bits per heavy atom. The Balaban J connectivity index is 1.56. The molecule has 0 unspecified atom stereocenters. The van der Waals surface area contributed by atoms with Gasteiger partial charge < -0.3 is 0 Å². The number of hydrogen-bond donors (Lipinski definition) is 0. The number of para-hydroxylation sites is 1. The van der Waals surface area contributed by atoms with Crippen molar-refractivity contribution in [2.45, 2.75) is 39.2 Å². The van der Waals surface area contributed by atoms with Gasteiger partial charge in [0.25, 0.3) is 5.91 Å². The van der Waals surface area contributed by atoms with Crippen LogP contribution < -0.4 is 4.90 Å².